The number of imide groups is 1. The van der Waals surface area contributed by atoms with E-state index < -0.39 is 30.3 Å². The van der Waals surface area contributed by atoms with Crippen molar-refractivity contribution in [3.05, 3.63) is 77.4 Å². The first-order valence-electron chi connectivity index (χ1n) is 8.53. The minimum atomic E-state index is -0.820. The first-order valence-corrected chi connectivity index (χ1v) is 8.53. The van der Waals surface area contributed by atoms with E-state index in [1.807, 2.05) is 6.07 Å². The summed E-state index contributed by atoms with van der Waals surface area (Å²) < 4.78 is 4.97. The summed E-state index contributed by atoms with van der Waals surface area (Å²) in [6, 6.07) is 12.3. The van der Waals surface area contributed by atoms with Gasteiger partial charge >= 0.3 is 5.97 Å². The Kier molecular flexibility index (Phi) is 5.51. The molecule has 0 atom stereocenters. The van der Waals surface area contributed by atoms with Gasteiger partial charge in [0.2, 0.25) is 0 Å². The zero-order valence-corrected chi connectivity index (χ0v) is 15.2. The number of hydrogen-bond donors (Lipinski definition) is 1. The molecule has 0 saturated carbocycles. The predicted octanol–water partition coefficient (Wildman–Crippen LogP) is 2.14. The molecular formula is C21H15N3O5. The lowest BCUT2D eigenvalue weighted by Gasteiger charge is -2.09. The molecule has 1 aliphatic rings. The third kappa shape index (κ3) is 3.89. The Morgan fingerprint density at radius 2 is 1.86 bits per heavy atom. The normalized spacial score (nSPS) is 12.2. The summed E-state index contributed by atoms with van der Waals surface area (Å²) in [6.07, 6.45) is 1.43. The van der Waals surface area contributed by atoms with Crippen LogP contribution in [0.4, 0.5) is 5.69 Å². The van der Waals surface area contributed by atoms with Gasteiger partial charge in [0.15, 0.2) is 6.61 Å². The number of carbonyl (C=O) groups excluding carboxylic acids is 4. The number of benzene rings is 2. The SMILES string of the molecule is C=CCN1C(=O)c2ccc(C(=O)OCC(=O)Nc3ccccc3C#N)cc2C1=O. The lowest BCUT2D eigenvalue weighted by atomic mass is 10.1. The van der Waals surface area contributed by atoms with Gasteiger partial charge in [-0.05, 0) is 30.3 Å². The number of rotatable bonds is 6. The van der Waals surface area contributed by atoms with E-state index in [1.165, 1.54) is 24.3 Å². The minimum Gasteiger partial charge on any atom is -0.452 e. The highest BCUT2D eigenvalue weighted by atomic mass is 16.5. The fourth-order valence-corrected chi connectivity index (χ4v) is 2.80. The van der Waals surface area contributed by atoms with Gasteiger partial charge in [0.05, 0.1) is 27.9 Å². The molecule has 0 unspecified atom stereocenters. The number of nitriles is 1. The van der Waals surface area contributed by atoms with Crippen LogP contribution < -0.4 is 5.32 Å². The smallest absolute Gasteiger partial charge is 0.338 e. The molecule has 0 saturated heterocycles. The molecule has 0 radical (unpaired) electrons. The lowest BCUT2D eigenvalue weighted by molar-refractivity contribution is -0.119. The molecule has 0 spiro atoms. The van der Waals surface area contributed by atoms with Gasteiger partial charge in [-0.2, -0.15) is 5.26 Å². The summed E-state index contributed by atoms with van der Waals surface area (Å²) in [5.74, 6) is -2.42. The highest BCUT2D eigenvalue weighted by Gasteiger charge is 2.35. The Morgan fingerprint density at radius 3 is 2.59 bits per heavy atom. The van der Waals surface area contributed by atoms with Crippen molar-refractivity contribution in [2.45, 2.75) is 0 Å². The summed E-state index contributed by atoms with van der Waals surface area (Å²) in [7, 11) is 0. The second-order valence-electron chi connectivity index (χ2n) is 6.05. The van der Waals surface area contributed by atoms with Crippen molar-refractivity contribution in [2.24, 2.45) is 0 Å². The number of ether oxygens (including phenoxy) is 1. The molecule has 8 heteroatoms. The maximum Gasteiger partial charge on any atom is 0.338 e. The van der Waals surface area contributed by atoms with E-state index in [4.69, 9.17) is 10.00 Å². The van der Waals surface area contributed by atoms with Gasteiger partial charge in [-0.3, -0.25) is 19.3 Å². The number of anilines is 1. The third-order valence-corrected chi connectivity index (χ3v) is 4.17. The molecule has 2 aromatic rings. The highest BCUT2D eigenvalue weighted by molar-refractivity contribution is 6.22. The summed E-state index contributed by atoms with van der Waals surface area (Å²) in [4.78, 5) is 49.8. The van der Waals surface area contributed by atoms with Crippen LogP contribution in [0.15, 0.2) is 55.1 Å². The van der Waals surface area contributed by atoms with Crippen LogP contribution in [0, 0.1) is 11.3 Å². The van der Waals surface area contributed by atoms with E-state index in [0.29, 0.717) is 5.69 Å². The Balaban J connectivity index is 1.66. The predicted molar refractivity (Wildman–Crippen MR) is 102 cm³/mol. The molecule has 0 aromatic heterocycles. The Bertz CT molecular complexity index is 1080. The summed E-state index contributed by atoms with van der Waals surface area (Å²) in [5, 5.41) is 11.5. The molecule has 144 valence electrons. The van der Waals surface area contributed by atoms with Crippen LogP contribution in [0.1, 0.15) is 36.6 Å². The van der Waals surface area contributed by atoms with Gasteiger partial charge in [-0.25, -0.2) is 4.79 Å². The molecule has 1 aliphatic heterocycles. The van der Waals surface area contributed by atoms with E-state index >= 15 is 0 Å². The molecule has 1 heterocycles. The Labute approximate surface area is 166 Å². The zero-order chi connectivity index (χ0) is 21.0. The molecule has 8 nitrogen and oxygen atoms in total. The van der Waals surface area contributed by atoms with Crippen LogP contribution in [-0.4, -0.2) is 41.7 Å². The number of hydrogen-bond acceptors (Lipinski definition) is 6. The number of para-hydroxylation sites is 1. The second kappa shape index (κ2) is 8.19. The number of nitrogens with zero attached hydrogens (tertiary/aromatic N) is 2. The van der Waals surface area contributed by atoms with E-state index in [9.17, 15) is 19.2 Å². The Hall–Kier alpha value is -4.25. The summed E-state index contributed by atoms with van der Waals surface area (Å²) in [5.41, 5.74) is 0.909. The molecule has 2 aromatic carbocycles. The largest absolute Gasteiger partial charge is 0.452 e. The van der Waals surface area contributed by atoms with Crippen molar-refractivity contribution in [1.82, 2.24) is 4.90 Å². The monoisotopic (exact) mass is 389 g/mol. The van der Waals surface area contributed by atoms with Gasteiger partial charge in [0, 0.05) is 6.54 Å². The van der Waals surface area contributed by atoms with Crippen molar-refractivity contribution in [2.75, 3.05) is 18.5 Å². The van der Waals surface area contributed by atoms with Crippen LogP contribution in [-0.2, 0) is 9.53 Å². The summed E-state index contributed by atoms with van der Waals surface area (Å²) >= 11 is 0. The maximum atomic E-state index is 12.3. The topological polar surface area (TPSA) is 117 Å². The van der Waals surface area contributed by atoms with Gasteiger partial charge < -0.3 is 10.1 Å². The average molecular weight is 389 g/mol. The zero-order valence-electron chi connectivity index (χ0n) is 15.2. The third-order valence-electron chi connectivity index (χ3n) is 4.17. The summed E-state index contributed by atoms with van der Waals surface area (Å²) in [6.45, 7) is 3.00. The minimum absolute atomic E-state index is 0.0376. The fourth-order valence-electron chi connectivity index (χ4n) is 2.80. The number of amides is 3. The molecule has 0 fully saturated rings. The standard InChI is InChI=1S/C21H15N3O5/c1-2-9-24-19(26)15-8-7-13(10-16(15)20(24)27)21(28)29-12-18(25)23-17-6-4-3-5-14(17)11-22/h2-8,10H,1,9,12H2,(H,23,25). The van der Waals surface area contributed by atoms with Crippen molar-refractivity contribution in [3.63, 3.8) is 0 Å². The van der Waals surface area contributed by atoms with Crippen molar-refractivity contribution >= 4 is 29.4 Å². The van der Waals surface area contributed by atoms with Crippen LogP contribution in [0.3, 0.4) is 0 Å². The van der Waals surface area contributed by atoms with E-state index in [-0.39, 0.29) is 28.8 Å². The van der Waals surface area contributed by atoms with E-state index in [0.717, 1.165) is 4.90 Å². The van der Waals surface area contributed by atoms with Crippen molar-refractivity contribution in [1.29, 1.82) is 5.26 Å². The average Bonchev–Trinajstić information content (AvgIpc) is 2.97. The fraction of sp³-hybridized carbons (Fsp3) is 0.0952. The van der Waals surface area contributed by atoms with E-state index in [2.05, 4.69) is 11.9 Å². The van der Waals surface area contributed by atoms with Crippen LogP contribution in [0.25, 0.3) is 0 Å². The van der Waals surface area contributed by atoms with Crippen LogP contribution in [0.2, 0.25) is 0 Å². The number of esters is 1. The molecule has 3 amide bonds. The number of nitrogens with one attached hydrogen (secondary N) is 1. The molecule has 0 aliphatic carbocycles. The number of fused-ring (bicyclic) bond motifs is 1. The van der Waals surface area contributed by atoms with Gasteiger partial charge in [-0.15, -0.1) is 6.58 Å². The molecule has 1 N–H and O–H groups in total. The Morgan fingerprint density at radius 1 is 1.14 bits per heavy atom. The van der Waals surface area contributed by atoms with Gasteiger partial charge in [0.1, 0.15) is 6.07 Å². The van der Waals surface area contributed by atoms with Crippen LogP contribution >= 0.6 is 0 Å². The molecule has 0 bridgehead atoms. The molecular weight excluding hydrogens is 374 g/mol. The molecule has 3 rings (SSSR count). The number of carbonyl (C=O) groups is 4. The van der Waals surface area contributed by atoms with Crippen molar-refractivity contribution < 1.29 is 23.9 Å². The maximum absolute atomic E-state index is 12.3. The van der Waals surface area contributed by atoms with Gasteiger partial charge in [-0.1, -0.05) is 18.2 Å². The molecule has 29 heavy (non-hydrogen) atoms. The second-order valence-corrected chi connectivity index (χ2v) is 6.05. The van der Waals surface area contributed by atoms with E-state index in [1.54, 1.807) is 24.3 Å². The first kappa shape index (κ1) is 19.5. The van der Waals surface area contributed by atoms with Gasteiger partial charge in [0.25, 0.3) is 17.7 Å². The first-order chi connectivity index (χ1) is 14.0. The quantitative estimate of drug-likeness (QED) is 0.460. The lowest BCUT2D eigenvalue weighted by Crippen LogP contribution is -2.29. The highest BCUT2D eigenvalue weighted by Crippen LogP contribution is 2.24. The van der Waals surface area contributed by atoms with Crippen LogP contribution in [0.5, 0.6) is 0 Å². The van der Waals surface area contributed by atoms with Crippen molar-refractivity contribution in [3.8, 4) is 6.07 Å².